The van der Waals surface area contributed by atoms with Crippen LogP contribution < -0.4 is 14.8 Å². The maximum absolute atomic E-state index is 12.1. The molecule has 0 radical (unpaired) electrons. The summed E-state index contributed by atoms with van der Waals surface area (Å²) in [5, 5.41) is 2.82. The Balaban J connectivity index is 1.91. The average Bonchev–Trinajstić information content (AvgIpc) is 2.51. The Morgan fingerprint density at radius 3 is 2.27 bits per heavy atom. The van der Waals surface area contributed by atoms with Gasteiger partial charge in [-0.25, -0.2) is 0 Å². The molecule has 0 aliphatic heterocycles. The quantitative estimate of drug-likeness (QED) is 0.729. The fourth-order valence-electron chi connectivity index (χ4n) is 1.82. The topological polar surface area (TPSA) is 47.6 Å². The SMILES string of the molecule is CCOc1ccc(NC(=O)[C@@H](C)Oc2ccc(I)cc2)cc1. The van der Waals surface area contributed by atoms with E-state index in [0.717, 1.165) is 9.32 Å². The minimum absolute atomic E-state index is 0.192. The summed E-state index contributed by atoms with van der Waals surface area (Å²) >= 11 is 2.22. The van der Waals surface area contributed by atoms with E-state index in [1.54, 1.807) is 19.1 Å². The van der Waals surface area contributed by atoms with E-state index in [2.05, 4.69) is 27.9 Å². The van der Waals surface area contributed by atoms with Crippen LogP contribution in [0, 0.1) is 3.57 Å². The lowest BCUT2D eigenvalue weighted by molar-refractivity contribution is -0.122. The van der Waals surface area contributed by atoms with E-state index in [1.165, 1.54) is 0 Å². The molecule has 1 atom stereocenters. The summed E-state index contributed by atoms with van der Waals surface area (Å²) in [7, 11) is 0. The predicted molar refractivity (Wildman–Crippen MR) is 95.5 cm³/mol. The van der Waals surface area contributed by atoms with Crippen molar-refractivity contribution in [3.63, 3.8) is 0 Å². The lowest BCUT2D eigenvalue weighted by atomic mass is 10.2. The third-order valence-electron chi connectivity index (χ3n) is 2.93. The number of ether oxygens (including phenoxy) is 2. The summed E-state index contributed by atoms with van der Waals surface area (Å²) in [6, 6.07) is 14.8. The molecule has 0 saturated heterocycles. The smallest absolute Gasteiger partial charge is 0.265 e. The summed E-state index contributed by atoms with van der Waals surface area (Å²) in [5.41, 5.74) is 0.714. The summed E-state index contributed by atoms with van der Waals surface area (Å²) in [6.07, 6.45) is -0.577. The molecule has 0 spiro atoms. The van der Waals surface area contributed by atoms with Gasteiger partial charge in [-0.2, -0.15) is 0 Å². The number of nitrogens with one attached hydrogen (secondary N) is 1. The van der Waals surface area contributed by atoms with Gasteiger partial charge in [0.15, 0.2) is 6.10 Å². The highest BCUT2D eigenvalue weighted by Gasteiger charge is 2.14. The fourth-order valence-corrected chi connectivity index (χ4v) is 2.18. The van der Waals surface area contributed by atoms with E-state index in [4.69, 9.17) is 9.47 Å². The summed E-state index contributed by atoms with van der Waals surface area (Å²) < 4.78 is 12.1. The number of carbonyl (C=O) groups is 1. The second-order valence-electron chi connectivity index (χ2n) is 4.66. The standard InChI is InChI=1S/C17H18INO3/c1-3-21-15-10-6-14(7-11-15)19-17(20)12(2)22-16-8-4-13(18)5-9-16/h4-12H,3H2,1-2H3,(H,19,20)/t12-/m1/s1. The zero-order valence-corrected chi connectivity index (χ0v) is 14.7. The fraction of sp³-hybridized carbons (Fsp3) is 0.235. The number of benzene rings is 2. The van der Waals surface area contributed by atoms with Crippen LogP contribution in [-0.2, 0) is 4.79 Å². The van der Waals surface area contributed by atoms with Gasteiger partial charge in [0.25, 0.3) is 5.91 Å². The molecule has 2 rings (SSSR count). The molecule has 2 aromatic rings. The number of carbonyl (C=O) groups excluding carboxylic acids is 1. The molecule has 0 fully saturated rings. The molecule has 116 valence electrons. The molecule has 0 bridgehead atoms. The number of halogens is 1. The zero-order chi connectivity index (χ0) is 15.9. The van der Waals surface area contributed by atoms with Crippen molar-refractivity contribution in [2.24, 2.45) is 0 Å². The molecular formula is C17H18INO3. The zero-order valence-electron chi connectivity index (χ0n) is 12.5. The Morgan fingerprint density at radius 2 is 1.68 bits per heavy atom. The van der Waals surface area contributed by atoms with Crippen LogP contribution >= 0.6 is 22.6 Å². The first-order valence-electron chi connectivity index (χ1n) is 7.04. The first-order valence-corrected chi connectivity index (χ1v) is 8.12. The Labute approximate surface area is 144 Å². The van der Waals surface area contributed by atoms with Gasteiger partial charge in [-0.3, -0.25) is 4.79 Å². The van der Waals surface area contributed by atoms with Crippen LogP contribution in [0.15, 0.2) is 48.5 Å². The summed E-state index contributed by atoms with van der Waals surface area (Å²) in [6.45, 7) is 4.27. The maximum Gasteiger partial charge on any atom is 0.265 e. The van der Waals surface area contributed by atoms with Gasteiger partial charge in [0.2, 0.25) is 0 Å². The van der Waals surface area contributed by atoms with Crippen LogP contribution in [0.2, 0.25) is 0 Å². The number of rotatable bonds is 6. The Kier molecular flexibility index (Phi) is 6.06. The van der Waals surface area contributed by atoms with Crippen LogP contribution in [-0.4, -0.2) is 18.6 Å². The number of hydrogen-bond donors (Lipinski definition) is 1. The predicted octanol–water partition coefficient (Wildman–Crippen LogP) is 4.10. The van der Waals surface area contributed by atoms with Gasteiger partial charge in [0.05, 0.1) is 6.61 Å². The second kappa shape index (κ2) is 8.03. The van der Waals surface area contributed by atoms with Crippen LogP contribution in [0.4, 0.5) is 5.69 Å². The third-order valence-corrected chi connectivity index (χ3v) is 3.65. The van der Waals surface area contributed by atoms with Crippen LogP contribution in [0.25, 0.3) is 0 Å². The first kappa shape index (κ1) is 16.6. The summed E-state index contributed by atoms with van der Waals surface area (Å²) in [4.78, 5) is 12.1. The van der Waals surface area contributed by atoms with Gasteiger partial charge < -0.3 is 14.8 Å². The molecule has 1 N–H and O–H groups in total. The van der Waals surface area contributed by atoms with Gasteiger partial charge in [0, 0.05) is 9.26 Å². The molecule has 0 heterocycles. The minimum Gasteiger partial charge on any atom is -0.494 e. The molecule has 0 aliphatic carbocycles. The van der Waals surface area contributed by atoms with E-state index >= 15 is 0 Å². The number of amides is 1. The highest BCUT2D eigenvalue weighted by Crippen LogP contribution is 2.18. The highest BCUT2D eigenvalue weighted by atomic mass is 127. The van der Waals surface area contributed by atoms with Gasteiger partial charge in [-0.15, -0.1) is 0 Å². The highest BCUT2D eigenvalue weighted by molar-refractivity contribution is 14.1. The van der Waals surface area contributed by atoms with Gasteiger partial charge >= 0.3 is 0 Å². The first-order chi connectivity index (χ1) is 10.6. The second-order valence-corrected chi connectivity index (χ2v) is 5.91. The van der Waals surface area contributed by atoms with Crippen molar-refractivity contribution < 1.29 is 14.3 Å². The van der Waals surface area contributed by atoms with E-state index < -0.39 is 6.10 Å². The van der Waals surface area contributed by atoms with Crippen LogP contribution in [0.3, 0.4) is 0 Å². The molecule has 0 aliphatic rings. The number of hydrogen-bond acceptors (Lipinski definition) is 3. The lowest BCUT2D eigenvalue weighted by Gasteiger charge is -2.15. The molecule has 0 unspecified atom stereocenters. The monoisotopic (exact) mass is 411 g/mol. The molecule has 4 nitrogen and oxygen atoms in total. The maximum atomic E-state index is 12.1. The van der Waals surface area contributed by atoms with E-state index in [-0.39, 0.29) is 5.91 Å². The Bertz CT molecular complexity index is 611. The van der Waals surface area contributed by atoms with Crippen molar-refractivity contribution in [1.82, 2.24) is 0 Å². The van der Waals surface area contributed by atoms with Crippen molar-refractivity contribution in [3.8, 4) is 11.5 Å². The van der Waals surface area contributed by atoms with Gasteiger partial charge in [-0.1, -0.05) is 0 Å². The lowest BCUT2D eigenvalue weighted by Crippen LogP contribution is -2.30. The van der Waals surface area contributed by atoms with Crippen molar-refractivity contribution >= 4 is 34.2 Å². The Morgan fingerprint density at radius 1 is 1.09 bits per heavy atom. The van der Waals surface area contributed by atoms with Gasteiger partial charge in [0.1, 0.15) is 11.5 Å². The van der Waals surface area contributed by atoms with E-state index in [0.29, 0.717) is 18.0 Å². The van der Waals surface area contributed by atoms with Crippen LogP contribution in [0.5, 0.6) is 11.5 Å². The molecule has 22 heavy (non-hydrogen) atoms. The van der Waals surface area contributed by atoms with E-state index in [9.17, 15) is 4.79 Å². The summed E-state index contributed by atoms with van der Waals surface area (Å²) in [5.74, 6) is 1.26. The van der Waals surface area contributed by atoms with Crippen molar-refractivity contribution in [1.29, 1.82) is 0 Å². The molecule has 2 aromatic carbocycles. The molecular weight excluding hydrogens is 393 g/mol. The minimum atomic E-state index is -0.577. The van der Waals surface area contributed by atoms with Crippen molar-refractivity contribution in [2.45, 2.75) is 20.0 Å². The van der Waals surface area contributed by atoms with E-state index in [1.807, 2.05) is 43.3 Å². The molecule has 5 heteroatoms. The van der Waals surface area contributed by atoms with Gasteiger partial charge in [-0.05, 0) is 85.0 Å². The van der Waals surface area contributed by atoms with Crippen molar-refractivity contribution in [2.75, 3.05) is 11.9 Å². The van der Waals surface area contributed by atoms with Crippen LogP contribution in [0.1, 0.15) is 13.8 Å². The third kappa shape index (κ3) is 4.91. The average molecular weight is 411 g/mol. The largest absolute Gasteiger partial charge is 0.494 e. The number of anilines is 1. The Hall–Kier alpha value is -1.76. The normalized spacial score (nSPS) is 11.6. The molecule has 0 saturated carbocycles. The molecule has 1 amide bonds. The molecule has 0 aromatic heterocycles. The van der Waals surface area contributed by atoms with Crippen molar-refractivity contribution in [3.05, 3.63) is 52.1 Å².